The van der Waals surface area contributed by atoms with Crippen LogP contribution in [0, 0.1) is 0 Å². The Hall–Kier alpha value is -2.56. The molecule has 10 heteroatoms. The van der Waals surface area contributed by atoms with Crippen LogP contribution in [0.15, 0.2) is 34.6 Å². The van der Waals surface area contributed by atoms with Crippen molar-refractivity contribution >= 4 is 32.9 Å². The van der Waals surface area contributed by atoms with Gasteiger partial charge < -0.3 is 18.9 Å². The average molecular weight is 454 g/mol. The summed E-state index contributed by atoms with van der Waals surface area (Å²) in [5.41, 5.74) is 1.68. The summed E-state index contributed by atoms with van der Waals surface area (Å²) in [7, 11) is 2.07. The van der Waals surface area contributed by atoms with Crippen LogP contribution >= 0.6 is 11.3 Å². The van der Waals surface area contributed by atoms with Crippen molar-refractivity contribution < 1.29 is 32.2 Å². The van der Waals surface area contributed by atoms with E-state index in [0.717, 1.165) is 22.5 Å². The predicted molar refractivity (Wildman–Crippen MR) is 113 cm³/mol. The summed E-state index contributed by atoms with van der Waals surface area (Å²) in [6, 6.07) is 4.95. The van der Waals surface area contributed by atoms with Crippen LogP contribution in [0.3, 0.4) is 0 Å². The Balaban J connectivity index is 1.93. The van der Waals surface area contributed by atoms with Crippen molar-refractivity contribution in [3.8, 4) is 17.2 Å². The summed E-state index contributed by atoms with van der Waals surface area (Å²) >= 11 is 1.04. The van der Waals surface area contributed by atoms with Gasteiger partial charge in [-0.2, -0.15) is 4.31 Å². The molecule has 0 N–H and O–H groups in total. The van der Waals surface area contributed by atoms with Gasteiger partial charge in [-0.25, -0.2) is 13.2 Å². The van der Waals surface area contributed by atoms with E-state index in [9.17, 15) is 13.2 Å². The van der Waals surface area contributed by atoms with Gasteiger partial charge in [-0.05, 0) is 23.4 Å². The number of ether oxygens (including phenoxy) is 4. The first-order chi connectivity index (χ1) is 14.4. The SMILES string of the molecule is COC(=O)c1sccc1S(=O)(=O)N1CC=C(c2c(OC)cc(OC)cc2OC)CC1. The van der Waals surface area contributed by atoms with E-state index in [1.165, 1.54) is 17.5 Å². The Kier molecular flexibility index (Phi) is 6.69. The lowest BCUT2D eigenvalue weighted by Crippen LogP contribution is -2.35. The molecule has 0 aliphatic carbocycles. The van der Waals surface area contributed by atoms with Gasteiger partial charge in [0, 0.05) is 25.2 Å². The Labute approximate surface area is 179 Å². The molecule has 0 amide bonds. The van der Waals surface area contributed by atoms with Gasteiger partial charge in [-0.3, -0.25) is 0 Å². The minimum atomic E-state index is -3.84. The number of sulfonamides is 1. The fraction of sp³-hybridized carbons (Fsp3) is 0.350. The lowest BCUT2D eigenvalue weighted by atomic mass is 9.98. The van der Waals surface area contributed by atoms with Gasteiger partial charge in [0.2, 0.25) is 10.0 Å². The van der Waals surface area contributed by atoms with Crippen LogP contribution in [0.2, 0.25) is 0 Å². The molecule has 3 rings (SSSR count). The highest BCUT2D eigenvalue weighted by molar-refractivity contribution is 7.89. The minimum Gasteiger partial charge on any atom is -0.496 e. The normalized spacial score (nSPS) is 14.7. The maximum absolute atomic E-state index is 13.1. The molecule has 162 valence electrons. The molecule has 1 aromatic heterocycles. The van der Waals surface area contributed by atoms with Gasteiger partial charge in [0.25, 0.3) is 0 Å². The summed E-state index contributed by atoms with van der Waals surface area (Å²) in [6.07, 6.45) is 2.29. The topological polar surface area (TPSA) is 91.4 Å². The first kappa shape index (κ1) is 22.1. The quantitative estimate of drug-likeness (QED) is 0.595. The highest BCUT2D eigenvalue weighted by Gasteiger charge is 2.32. The molecule has 2 heterocycles. The Morgan fingerprint density at radius 3 is 2.23 bits per heavy atom. The zero-order valence-corrected chi connectivity index (χ0v) is 18.8. The molecule has 2 aromatic rings. The van der Waals surface area contributed by atoms with Crippen LogP contribution < -0.4 is 14.2 Å². The highest BCUT2D eigenvalue weighted by Crippen LogP contribution is 2.41. The number of esters is 1. The molecule has 1 aliphatic rings. The van der Waals surface area contributed by atoms with E-state index in [-0.39, 0.29) is 22.9 Å². The van der Waals surface area contributed by atoms with Crippen LogP contribution in [0.5, 0.6) is 17.2 Å². The zero-order valence-electron chi connectivity index (χ0n) is 17.1. The molecular formula is C20H23NO7S2. The molecule has 0 fully saturated rings. The van der Waals surface area contributed by atoms with E-state index in [0.29, 0.717) is 23.7 Å². The summed E-state index contributed by atoms with van der Waals surface area (Å²) < 4.78 is 48.5. The van der Waals surface area contributed by atoms with Crippen molar-refractivity contribution in [2.45, 2.75) is 11.3 Å². The maximum atomic E-state index is 13.1. The number of nitrogens with zero attached hydrogens (tertiary/aromatic N) is 1. The summed E-state index contributed by atoms with van der Waals surface area (Å²) in [5, 5.41) is 1.57. The number of benzene rings is 1. The number of methoxy groups -OCH3 is 4. The fourth-order valence-electron chi connectivity index (χ4n) is 3.30. The first-order valence-electron chi connectivity index (χ1n) is 9.02. The minimum absolute atomic E-state index is 0.0317. The molecule has 0 bridgehead atoms. The van der Waals surface area contributed by atoms with Gasteiger partial charge in [0.05, 0.1) is 34.0 Å². The third kappa shape index (κ3) is 4.03. The maximum Gasteiger partial charge on any atom is 0.349 e. The third-order valence-electron chi connectivity index (χ3n) is 4.83. The van der Waals surface area contributed by atoms with Crippen molar-refractivity contribution in [3.05, 3.63) is 40.1 Å². The van der Waals surface area contributed by atoms with E-state index >= 15 is 0 Å². The van der Waals surface area contributed by atoms with E-state index in [4.69, 9.17) is 18.9 Å². The molecule has 30 heavy (non-hydrogen) atoms. The number of carbonyl (C=O) groups is 1. The average Bonchev–Trinajstić information content (AvgIpc) is 3.28. The van der Waals surface area contributed by atoms with Crippen LogP contribution in [-0.2, 0) is 14.8 Å². The van der Waals surface area contributed by atoms with E-state index in [1.807, 2.05) is 6.08 Å². The van der Waals surface area contributed by atoms with E-state index in [2.05, 4.69) is 0 Å². The Morgan fingerprint density at radius 2 is 1.73 bits per heavy atom. The second kappa shape index (κ2) is 9.07. The number of hydrogen-bond acceptors (Lipinski definition) is 8. The van der Waals surface area contributed by atoms with Crippen molar-refractivity contribution in [3.63, 3.8) is 0 Å². The zero-order chi connectivity index (χ0) is 21.9. The number of rotatable bonds is 7. The molecule has 0 spiro atoms. The summed E-state index contributed by atoms with van der Waals surface area (Å²) in [4.78, 5) is 12.0. The van der Waals surface area contributed by atoms with Crippen molar-refractivity contribution in [2.75, 3.05) is 41.5 Å². The van der Waals surface area contributed by atoms with Gasteiger partial charge in [-0.1, -0.05) is 6.08 Å². The monoisotopic (exact) mass is 453 g/mol. The second-order valence-electron chi connectivity index (χ2n) is 6.35. The van der Waals surface area contributed by atoms with Crippen LogP contribution in [0.1, 0.15) is 21.7 Å². The predicted octanol–water partition coefficient (Wildman–Crippen LogP) is 3.04. The van der Waals surface area contributed by atoms with Crippen molar-refractivity contribution in [1.82, 2.24) is 4.31 Å². The molecule has 0 atom stereocenters. The molecule has 0 radical (unpaired) electrons. The summed E-state index contributed by atoms with van der Waals surface area (Å²) in [6.45, 7) is 0.412. The lowest BCUT2D eigenvalue weighted by molar-refractivity contribution is 0.0602. The number of hydrogen-bond donors (Lipinski definition) is 0. The van der Waals surface area contributed by atoms with Gasteiger partial charge in [0.1, 0.15) is 27.0 Å². The molecule has 0 saturated carbocycles. The number of carbonyl (C=O) groups excluding carboxylic acids is 1. The molecular weight excluding hydrogens is 430 g/mol. The molecule has 0 unspecified atom stereocenters. The second-order valence-corrected chi connectivity index (χ2v) is 9.18. The van der Waals surface area contributed by atoms with Crippen molar-refractivity contribution in [1.29, 1.82) is 0 Å². The smallest absolute Gasteiger partial charge is 0.349 e. The first-order valence-corrected chi connectivity index (χ1v) is 11.3. The molecule has 1 aliphatic heterocycles. The molecule has 1 aromatic carbocycles. The molecule has 0 saturated heterocycles. The standard InChI is InChI=1S/C20H23NO7S2/c1-25-14-11-15(26-2)18(16(12-14)27-3)13-5-8-21(9-6-13)30(23,24)17-7-10-29-19(17)20(22)28-4/h5,7,10-12H,6,8-9H2,1-4H3. The van der Waals surface area contributed by atoms with Crippen LogP contribution in [0.25, 0.3) is 5.57 Å². The van der Waals surface area contributed by atoms with Gasteiger partial charge in [-0.15, -0.1) is 11.3 Å². The summed E-state index contributed by atoms with van der Waals surface area (Å²) in [5.74, 6) is 1.10. The van der Waals surface area contributed by atoms with Gasteiger partial charge in [0.15, 0.2) is 0 Å². The Bertz CT molecular complexity index is 1050. The highest BCUT2D eigenvalue weighted by atomic mass is 32.2. The van der Waals surface area contributed by atoms with E-state index < -0.39 is 16.0 Å². The van der Waals surface area contributed by atoms with Crippen molar-refractivity contribution in [2.24, 2.45) is 0 Å². The third-order valence-corrected chi connectivity index (χ3v) is 7.76. The van der Waals surface area contributed by atoms with Crippen LogP contribution in [-0.4, -0.2) is 60.2 Å². The van der Waals surface area contributed by atoms with E-state index in [1.54, 1.807) is 38.8 Å². The largest absolute Gasteiger partial charge is 0.496 e. The number of thiophene rings is 1. The molecule has 8 nitrogen and oxygen atoms in total. The Morgan fingerprint density at radius 1 is 1.07 bits per heavy atom. The fourth-order valence-corrected chi connectivity index (χ4v) is 5.99. The van der Waals surface area contributed by atoms with Crippen LogP contribution in [0.4, 0.5) is 0 Å². The van der Waals surface area contributed by atoms with Gasteiger partial charge >= 0.3 is 5.97 Å². The lowest BCUT2D eigenvalue weighted by Gasteiger charge is -2.27.